The number of hydrogen-bond donors (Lipinski definition) is 1. The first-order valence-corrected chi connectivity index (χ1v) is 3.87. The highest BCUT2D eigenvalue weighted by molar-refractivity contribution is 5.53. The minimum atomic E-state index is -0.879. The summed E-state index contributed by atoms with van der Waals surface area (Å²) in [7, 11) is 0. The van der Waals surface area contributed by atoms with Gasteiger partial charge in [0.05, 0.1) is 6.61 Å². The summed E-state index contributed by atoms with van der Waals surface area (Å²) in [5.41, 5.74) is 0.746. The first-order valence-electron chi connectivity index (χ1n) is 3.87. The van der Waals surface area contributed by atoms with E-state index >= 15 is 0 Å². The zero-order valence-corrected chi connectivity index (χ0v) is 7.22. The minimum Gasteiger partial charge on any atom is -0.392 e. The Morgan fingerprint density at radius 1 is 1.46 bits per heavy atom. The van der Waals surface area contributed by atoms with Crippen LogP contribution in [-0.4, -0.2) is 11.7 Å². The number of aliphatic hydroxyl groups excluding tert-OH is 1. The molecule has 0 saturated carbocycles. The molecular weight excluding hydrogens is 174 g/mol. The van der Waals surface area contributed by atoms with Crippen molar-refractivity contribution in [2.24, 2.45) is 0 Å². The smallest absolute Gasteiger partial charge is 0.166 e. The second kappa shape index (κ2) is 4.14. The van der Waals surface area contributed by atoms with Gasteiger partial charge in [-0.05, 0) is 18.6 Å². The van der Waals surface area contributed by atoms with Gasteiger partial charge in [-0.15, -0.1) is 0 Å². The van der Waals surface area contributed by atoms with Crippen molar-refractivity contribution in [2.45, 2.75) is 6.92 Å². The maximum Gasteiger partial charge on any atom is 0.166 e. The van der Waals surface area contributed by atoms with Crippen LogP contribution >= 0.6 is 0 Å². The molecule has 0 heterocycles. The number of rotatable bonds is 2. The molecule has 1 nitrogen and oxygen atoms in total. The van der Waals surface area contributed by atoms with E-state index in [0.717, 1.165) is 6.07 Å². The van der Waals surface area contributed by atoms with Gasteiger partial charge in [0.15, 0.2) is 11.6 Å². The van der Waals surface area contributed by atoms with Gasteiger partial charge < -0.3 is 5.11 Å². The van der Waals surface area contributed by atoms with Gasteiger partial charge in [0, 0.05) is 5.56 Å². The quantitative estimate of drug-likeness (QED) is 0.748. The van der Waals surface area contributed by atoms with Crippen molar-refractivity contribution >= 4 is 6.08 Å². The van der Waals surface area contributed by atoms with Gasteiger partial charge in [-0.2, -0.15) is 0 Å². The summed E-state index contributed by atoms with van der Waals surface area (Å²) in [5.74, 6) is -1.75. The Bertz CT molecular complexity index is 332. The summed E-state index contributed by atoms with van der Waals surface area (Å²) in [4.78, 5) is 0. The van der Waals surface area contributed by atoms with Crippen LogP contribution in [0.3, 0.4) is 0 Å². The average molecular weight is 184 g/mol. The van der Waals surface area contributed by atoms with Crippen LogP contribution in [0.2, 0.25) is 0 Å². The highest BCUT2D eigenvalue weighted by atomic mass is 19.2. The molecule has 1 aromatic carbocycles. The molecule has 1 N–H and O–H groups in total. The van der Waals surface area contributed by atoms with E-state index in [9.17, 15) is 8.78 Å². The molecule has 0 amide bonds. The van der Waals surface area contributed by atoms with Crippen LogP contribution in [0, 0.1) is 11.6 Å². The lowest BCUT2D eigenvalue weighted by atomic mass is 10.1. The Balaban J connectivity index is 3.09. The summed E-state index contributed by atoms with van der Waals surface area (Å²) in [6, 6.07) is 3.94. The minimum absolute atomic E-state index is 0.157. The van der Waals surface area contributed by atoms with Gasteiger partial charge in [-0.1, -0.05) is 18.2 Å². The van der Waals surface area contributed by atoms with Crippen LogP contribution in [0.4, 0.5) is 8.78 Å². The molecule has 1 rings (SSSR count). The molecule has 3 heteroatoms. The van der Waals surface area contributed by atoms with Crippen molar-refractivity contribution in [3.8, 4) is 0 Å². The van der Waals surface area contributed by atoms with Crippen LogP contribution in [0.15, 0.2) is 23.8 Å². The predicted octanol–water partition coefficient (Wildman–Crippen LogP) is 2.36. The fourth-order valence-electron chi connectivity index (χ4n) is 0.943. The fourth-order valence-corrected chi connectivity index (χ4v) is 0.943. The van der Waals surface area contributed by atoms with Crippen molar-refractivity contribution in [2.75, 3.05) is 6.61 Å². The van der Waals surface area contributed by atoms with Crippen molar-refractivity contribution in [3.63, 3.8) is 0 Å². The fraction of sp³-hybridized carbons (Fsp3) is 0.200. The molecule has 0 aromatic heterocycles. The number of hydrogen-bond acceptors (Lipinski definition) is 1. The maximum absolute atomic E-state index is 13.0. The Kier molecular flexibility index (Phi) is 3.14. The third-order valence-electron chi connectivity index (χ3n) is 1.63. The first-order chi connectivity index (χ1) is 6.15. The van der Waals surface area contributed by atoms with Crippen LogP contribution in [0.5, 0.6) is 0 Å². The molecular formula is C10H10F2O. The number of halogens is 2. The molecule has 0 spiro atoms. The molecule has 13 heavy (non-hydrogen) atoms. The Labute approximate surface area is 75.3 Å². The van der Waals surface area contributed by atoms with Gasteiger partial charge >= 0.3 is 0 Å². The second-order valence-corrected chi connectivity index (χ2v) is 2.79. The Hall–Kier alpha value is -1.22. The topological polar surface area (TPSA) is 20.2 Å². The maximum atomic E-state index is 13.0. The molecule has 0 unspecified atom stereocenters. The third kappa shape index (κ3) is 2.36. The molecule has 0 atom stereocenters. The summed E-state index contributed by atoms with van der Waals surface area (Å²) in [5, 5.41) is 8.67. The summed E-state index contributed by atoms with van der Waals surface area (Å²) >= 11 is 0. The normalized spacial score (nSPS) is 11.8. The van der Waals surface area contributed by atoms with Crippen molar-refractivity contribution in [1.29, 1.82) is 0 Å². The van der Waals surface area contributed by atoms with Gasteiger partial charge in [-0.3, -0.25) is 0 Å². The number of benzene rings is 1. The lowest BCUT2D eigenvalue weighted by molar-refractivity contribution is 0.332. The van der Waals surface area contributed by atoms with E-state index in [-0.39, 0.29) is 12.2 Å². The van der Waals surface area contributed by atoms with E-state index in [0.29, 0.717) is 5.57 Å². The lowest BCUT2D eigenvalue weighted by Gasteiger charge is -1.99. The Morgan fingerprint density at radius 3 is 2.77 bits per heavy atom. The zero-order valence-electron chi connectivity index (χ0n) is 7.22. The monoisotopic (exact) mass is 184 g/mol. The van der Waals surface area contributed by atoms with E-state index in [1.807, 2.05) is 0 Å². The molecule has 0 saturated heterocycles. The van der Waals surface area contributed by atoms with Crippen LogP contribution in [0.25, 0.3) is 6.08 Å². The summed E-state index contributed by atoms with van der Waals surface area (Å²) in [6.45, 7) is 1.49. The molecule has 1 aromatic rings. The molecule has 0 aliphatic heterocycles. The van der Waals surface area contributed by atoms with Crippen LogP contribution < -0.4 is 0 Å². The lowest BCUT2D eigenvalue weighted by Crippen LogP contribution is -1.90. The van der Waals surface area contributed by atoms with Gasteiger partial charge in [0.25, 0.3) is 0 Å². The standard InChI is InChI=1S/C10H10F2O/c1-7(6-13)5-8-3-2-4-9(11)10(8)12/h2-5,13H,6H2,1H3. The third-order valence-corrected chi connectivity index (χ3v) is 1.63. The second-order valence-electron chi connectivity index (χ2n) is 2.79. The average Bonchev–Trinajstić information content (AvgIpc) is 2.13. The van der Waals surface area contributed by atoms with E-state index in [2.05, 4.69) is 0 Å². The van der Waals surface area contributed by atoms with Gasteiger partial charge in [0.2, 0.25) is 0 Å². The van der Waals surface area contributed by atoms with E-state index in [4.69, 9.17) is 5.11 Å². The van der Waals surface area contributed by atoms with Crippen molar-refractivity contribution in [3.05, 3.63) is 41.0 Å². The van der Waals surface area contributed by atoms with Gasteiger partial charge in [-0.25, -0.2) is 8.78 Å². The summed E-state index contributed by atoms with van der Waals surface area (Å²) < 4.78 is 25.7. The van der Waals surface area contributed by atoms with Crippen molar-refractivity contribution < 1.29 is 13.9 Å². The van der Waals surface area contributed by atoms with E-state index in [1.54, 1.807) is 6.92 Å². The molecule has 0 fully saturated rings. The van der Waals surface area contributed by atoms with Crippen LogP contribution in [0.1, 0.15) is 12.5 Å². The predicted molar refractivity (Wildman–Crippen MR) is 47.1 cm³/mol. The largest absolute Gasteiger partial charge is 0.392 e. The van der Waals surface area contributed by atoms with E-state index < -0.39 is 11.6 Å². The zero-order chi connectivity index (χ0) is 9.84. The van der Waals surface area contributed by atoms with Gasteiger partial charge in [0.1, 0.15) is 0 Å². The first kappa shape index (κ1) is 9.86. The molecule has 0 radical (unpaired) electrons. The highest BCUT2D eigenvalue weighted by Crippen LogP contribution is 2.14. The highest BCUT2D eigenvalue weighted by Gasteiger charge is 2.04. The molecule has 0 aliphatic rings. The van der Waals surface area contributed by atoms with E-state index in [1.165, 1.54) is 18.2 Å². The van der Waals surface area contributed by atoms with Crippen molar-refractivity contribution in [1.82, 2.24) is 0 Å². The SMILES string of the molecule is CC(=Cc1cccc(F)c1F)CO. The molecule has 0 aliphatic carbocycles. The Morgan fingerprint density at radius 2 is 2.15 bits per heavy atom. The molecule has 70 valence electrons. The molecule has 0 bridgehead atoms. The number of aliphatic hydroxyl groups is 1. The van der Waals surface area contributed by atoms with Crippen LogP contribution in [-0.2, 0) is 0 Å². The summed E-state index contributed by atoms with van der Waals surface area (Å²) in [6.07, 6.45) is 1.42.